The Hall–Kier alpha value is -3.18. The van der Waals surface area contributed by atoms with Crippen molar-refractivity contribution in [3.8, 4) is 5.69 Å². The number of thiophene rings is 1. The highest BCUT2D eigenvalue weighted by Crippen LogP contribution is 2.26. The standard InChI is InChI=1S/C21H17N3OS/c25-21(18-13-14-24(23-18)17-10-5-2-6-11-17)22-20(19-12-7-15-26-19)16-8-3-1-4-9-16/h1-15,20H,(H,22,25). The summed E-state index contributed by atoms with van der Waals surface area (Å²) >= 11 is 1.62. The van der Waals surface area contributed by atoms with Crippen molar-refractivity contribution in [2.75, 3.05) is 0 Å². The molecular weight excluding hydrogens is 342 g/mol. The van der Waals surface area contributed by atoms with Gasteiger partial charge in [-0.15, -0.1) is 11.3 Å². The van der Waals surface area contributed by atoms with Crippen LogP contribution >= 0.6 is 11.3 Å². The fraction of sp³-hybridized carbons (Fsp3) is 0.0476. The summed E-state index contributed by atoms with van der Waals surface area (Å²) < 4.78 is 1.71. The Balaban J connectivity index is 1.59. The molecule has 1 N–H and O–H groups in total. The molecule has 1 atom stereocenters. The summed E-state index contributed by atoms with van der Waals surface area (Å²) in [5, 5.41) is 9.54. The average Bonchev–Trinajstić information content (AvgIpc) is 3.39. The third kappa shape index (κ3) is 3.43. The Morgan fingerprint density at radius 2 is 1.65 bits per heavy atom. The number of amides is 1. The molecule has 2 heterocycles. The van der Waals surface area contributed by atoms with Crippen molar-refractivity contribution in [1.82, 2.24) is 15.1 Å². The number of para-hydroxylation sites is 1. The van der Waals surface area contributed by atoms with Crippen LogP contribution in [0.25, 0.3) is 5.69 Å². The van der Waals surface area contributed by atoms with Crippen LogP contribution in [0.3, 0.4) is 0 Å². The molecule has 0 spiro atoms. The van der Waals surface area contributed by atoms with Gasteiger partial charge in [-0.25, -0.2) is 4.68 Å². The molecule has 1 amide bonds. The summed E-state index contributed by atoms with van der Waals surface area (Å²) in [6.45, 7) is 0. The molecule has 2 aromatic carbocycles. The molecule has 2 aromatic heterocycles. The van der Waals surface area contributed by atoms with Gasteiger partial charge in [0.2, 0.25) is 0 Å². The van der Waals surface area contributed by atoms with E-state index in [4.69, 9.17) is 0 Å². The highest BCUT2D eigenvalue weighted by molar-refractivity contribution is 7.10. The third-order valence-electron chi connectivity index (χ3n) is 4.08. The number of nitrogens with zero attached hydrogens (tertiary/aromatic N) is 2. The van der Waals surface area contributed by atoms with Crippen LogP contribution in [0, 0.1) is 0 Å². The maximum Gasteiger partial charge on any atom is 0.272 e. The van der Waals surface area contributed by atoms with Crippen LogP contribution in [0.15, 0.2) is 90.4 Å². The van der Waals surface area contributed by atoms with E-state index < -0.39 is 0 Å². The third-order valence-corrected chi connectivity index (χ3v) is 5.02. The predicted molar refractivity (Wildman–Crippen MR) is 104 cm³/mol. The van der Waals surface area contributed by atoms with Crippen LogP contribution in [-0.2, 0) is 0 Å². The first-order valence-corrected chi connectivity index (χ1v) is 9.19. The fourth-order valence-corrected chi connectivity index (χ4v) is 3.60. The highest BCUT2D eigenvalue weighted by Gasteiger charge is 2.20. The Kier molecular flexibility index (Phi) is 4.62. The molecule has 1 unspecified atom stereocenters. The number of hydrogen-bond donors (Lipinski definition) is 1. The van der Waals surface area contributed by atoms with Crippen LogP contribution in [0.4, 0.5) is 0 Å². The van der Waals surface area contributed by atoms with Crippen LogP contribution in [-0.4, -0.2) is 15.7 Å². The fourth-order valence-electron chi connectivity index (χ4n) is 2.79. The first-order valence-electron chi connectivity index (χ1n) is 8.31. The minimum atomic E-state index is -0.193. The van der Waals surface area contributed by atoms with Crippen molar-refractivity contribution in [3.63, 3.8) is 0 Å². The van der Waals surface area contributed by atoms with Gasteiger partial charge in [0.05, 0.1) is 11.7 Å². The summed E-state index contributed by atoms with van der Waals surface area (Å²) in [4.78, 5) is 13.9. The van der Waals surface area contributed by atoms with Gasteiger partial charge in [-0.3, -0.25) is 4.79 Å². The van der Waals surface area contributed by atoms with Crippen LogP contribution in [0.1, 0.15) is 27.0 Å². The van der Waals surface area contributed by atoms with Crippen molar-refractivity contribution < 1.29 is 4.79 Å². The Labute approximate surface area is 155 Å². The minimum absolute atomic E-state index is 0.189. The second-order valence-electron chi connectivity index (χ2n) is 5.81. The molecule has 0 aliphatic heterocycles. The van der Waals surface area contributed by atoms with E-state index in [0.717, 1.165) is 16.1 Å². The van der Waals surface area contributed by atoms with Gasteiger partial charge in [0.1, 0.15) is 0 Å². The molecule has 4 nitrogen and oxygen atoms in total. The topological polar surface area (TPSA) is 46.9 Å². The van der Waals surface area contributed by atoms with Crippen molar-refractivity contribution >= 4 is 17.2 Å². The molecule has 0 saturated carbocycles. The number of carbonyl (C=O) groups excluding carboxylic acids is 1. The van der Waals surface area contributed by atoms with E-state index in [-0.39, 0.29) is 11.9 Å². The van der Waals surface area contributed by atoms with Gasteiger partial charge < -0.3 is 5.32 Å². The molecule has 4 rings (SSSR count). The molecule has 26 heavy (non-hydrogen) atoms. The zero-order chi connectivity index (χ0) is 17.8. The lowest BCUT2D eigenvalue weighted by atomic mass is 10.1. The average molecular weight is 359 g/mol. The first-order chi connectivity index (χ1) is 12.8. The van der Waals surface area contributed by atoms with E-state index in [1.807, 2.05) is 78.2 Å². The second kappa shape index (κ2) is 7.37. The van der Waals surface area contributed by atoms with E-state index in [1.54, 1.807) is 28.3 Å². The lowest BCUT2D eigenvalue weighted by Gasteiger charge is -2.17. The highest BCUT2D eigenvalue weighted by atomic mass is 32.1. The SMILES string of the molecule is O=C(NC(c1ccccc1)c1cccs1)c1ccn(-c2ccccc2)n1. The summed E-state index contributed by atoms with van der Waals surface area (Å²) in [5.41, 5.74) is 2.36. The van der Waals surface area contributed by atoms with Crippen molar-refractivity contribution in [1.29, 1.82) is 0 Å². The number of carbonyl (C=O) groups is 1. The number of benzene rings is 2. The monoisotopic (exact) mass is 359 g/mol. The molecule has 128 valence electrons. The maximum absolute atomic E-state index is 12.8. The van der Waals surface area contributed by atoms with Crippen molar-refractivity contribution in [2.45, 2.75) is 6.04 Å². The Bertz CT molecular complexity index is 979. The van der Waals surface area contributed by atoms with Crippen molar-refractivity contribution in [3.05, 3.63) is 107 Å². The number of hydrogen-bond acceptors (Lipinski definition) is 3. The summed E-state index contributed by atoms with van der Waals surface area (Å²) in [7, 11) is 0. The molecule has 4 aromatic rings. The van der Waals surface area contributed by atoms with E-state index in [2.05, 4.69) is 10.4 Å². The quantitative estimate of drug-likeness (QED) is 0.572. The van der Waals surface area contributed by atoms with Gasteiger partial charge in [0.25, 0.3) is 5.91 Å². The number of aromatic nitrogens is 2. The maximum atomic E-state index is 12.8. The van der Waals surface area contributed by atoms with Gasteiger partial charge in [0.15, 0.2) is 5.69 Å². The van der Waals surface area contributed by atoms with Crippen LogP contribution in [0.2, 0.25) is 0 Å². The Morgan fingerprint density at radius 1 is 0.923 bits per heavy atom. The van der Waals surface area contributed by atoms with Gasteiger partial charge in [-0.2, -0.15) is 5.10 Å². The molecule has 0 radical (unpaired) electrons. The molecule has 0 aliphatic rings. The zero-order valence-electron chi connectivity index (χ0n) is 13.9. The smallest absolute Gasteiger partial charge is 0.272 e. The van der Waals surface area contributed by atoms with E-state index in [9.17, 15) is 4.79 Å². The van der Waals surface area contributed by atoms with Gasteiger partial charge >= 0.3 is 0 Å². The molecular formula is C21H17N3OS. The van der Waals surface area contributed by atoms with Gasteiger partial charge in [-0.1, -0.05) is 54.6 Å². The summed E-state index contributed by atoms with van der Waals surface area (Å²) in [5.74, 6) is -0.193. The van der Waals surface area contributed by atoms with Gasteiger partial charge in [0, 0.05) is 11.1 Å². The Morgan fingerprint density at radius 3 is 2.35 bits per heavy atom. The second-order valence-corrected chi connectivity index (χ2v) is 6.79. The van der Waals surface area contributed by atoms with E-state index in [0.29, 0.717) is 5.69 Å². The predicted octanol–water partition coefficient (Wildman–Crippen LogP) is 4.45. The molecule has 5 heteroatoms. The molecule has 0 fully saturated rings. The van der Waals surface area contributed by atoms with Crippen LogP contribution < -0.4 is 5.32 Å². The lowest BCUT2D eigenvalue weighted by molar-refractivity contribution is 0.0938. The molecule has 0 saturated heterocycles. The molecule has 0 aliphatic carbocycles. The van der Waals surface area contributed by atoms with E-state index in [1.165, 1.54) is 0 Å². The number of rotatable bonds is 5. The zero-order valence-corrected chi connectivity index (χ0v) is 14.8. The first kappa shape index (κ1) is 16.3. The minimum Gasteiger partial charge on any atom is -0.339 e. The summed E-state index contributed by atoms with van der Waals surface area (Å²) in [6, 6.07) is 25.3. The molecule has 0 bridgehead atoms. The van der Waals surface area contributed by atoms with Gasteiger partial charge in [-0.05, 0) is 35.2 Å². The normalized spacial score (nSPS) is 11.8. The van der Waals surface area contributed by atoms with E-state index >= 15 is 0 Å². The largest absolute Gasteiger partial charge is 0.339 e. The number of nitrogens with one attached hydrogen (secondary N) is 1. The van der Waals surface area contributed by atoms with Crippen LogP contribution in [0.5, 0.6) is 0 Å². The lowest BCUT2D eigenvalue weighted by Crippen LogP contribution is -2.29. The van der Waals surface area contributed by atoms with Crippen molar-refractivity contribution in [2.24, 2.45) is 0 Å². The summed E-state index contributed by atoms with van der Waals surface area (Å²) in [6.07, 6.45) is 1.80.